The molecule has 7 nitrogen and oxygen atoms in total. The van der Waals surface area contributed by atoms with Gasteiger partial charge in [0.05, 0.1) is 7.11 Å². The van der Waals surface area contributed by atoms with E-state index in [2.05, 4.69) is 14.8 Å². The van der Waals surface area contributed by atoms with E-state index in [1.807, 2.05) is 0 Å². The van der Waals surface area contributed by atoms with Crippen LogP contribution in [0.4, 0.5) is 4.79 Å². The molecule has 2 amide bonds. The zero-order chi connectivity index (χ0) is 17.9. The first-order valence-corrected chi connectivity index (χ1v) is 7.79. The number of hydrogen-bond donors (Lipinski definition) is 1. The first kappa shape index (κ1) is 20.2. The Morgan fingerprint density at radius 1 is 1.30 bits per heavy atom. The van der Waals surface area contributed by atoms with Gasteiger partial charge < -0.3 is 14.8 Å². The fraction of sp³-hybridized carbons (Fsp3) is 0.583. The molecule has 1 N–H and O–H groups in total. The number of nitrogens with one attached hydrogen (secondary N) is 1. The van der Waals surface area contributed by atoms with Gasteiger partial charge in [0.2, 0.25) is 3.79 Å². The van der Waals surface area contributed by atoms with Gasteiger partial charge in [-0.1, -0.05) is 46.4 Å². The monoisotopic (exact) mass is 406 g/mol. The molecule has 1 aliphatic rings. The zero-order valence-corrected chi connectivity index (χ0v) is 15.4. The van der Waals surface area contributed by atoms with Gasteiger partial charge in [0, 0.05) is 0 Å². The van der Waals surface area contributed by atoms with Crippen molar-refractivity contribution in [3.63, 3.8) is 0 Å². The number of allylic oxidation sites excluding steroid dienone is 1. The maximum Gasteiger partial charge on any atom is 0.408 e. The van der Waals surface area contributed by atoms with Crippen LogP contribution in [0.15, 0.2) is 11.3 Å². The second-order valence-electron chi connectivity index (χ2n) is 4.73. The van der Waals surface area contributed by atoms with Crippen LogP contribution in [-0.2, 0) is 19.1 Å². The smallest absolute Gasteiger partial charge is 0.408 e. The van der Waals surface area contributed by atoms with E-state index < -0.39 is 39.9 Å². The van der Waals surface area contributed by atoms with Gasteiger partial charge in [0.15, 0.2) is 0 Å². The van der Waals surface area contributed by atoms with Gasteiger partial charge in [-0.2, -0.15) is 0 Å². The van der Waals surface area contributed by atoms with Crippen LogP contribution in [0.1, 0.15) is 13.8 Å². The Hall–Kier alpha value is -0.890. The molecule has 2 atom stereocenters. The van der Waals surface area contributed by atoms with Crippen LogP contribution < -0.4 is 5.32 Å². The number of rotatable bonds is 4. The predicted molar refractivity (Wildman–Crippen MR) is 85.4 cm³/mol. The number of hydrogen-bond acceptors (Lipinski definition) is 5. The Balaban J connectivity index is 2.72. The second kappa shape index (κ2) is 7.79. The summed E-state index contributed by atoms with van der Waals surface area (Å²) in [5, 5.41) is 2.23. The van der Waals surface area contributed by atoms with Gasteiger partial charge in [0.1, 0.15) is 23.8 Å². The fourth-order valence-electron chi connectivity index (χ4n) is 1.78. The molecule has 1 aliphatic heterocycles. The Morgan fingerprint density at radius 2 is 1.87 bits per heavy atom. The summed E-state index contributed by atoms with van der Waals surface area (Å²) in [6.07, 6.45) is -0.975. The van der Waals surface area contributed by atoms with Gasteiger partial charge in [-0.15, -0.1) is 0 Å². The van der Waals surface area contributed by atoms with Crippen LogP contribution in [0.3, 0.4) is 0 Å². The first-order valence-electron chi connectivity index (χ1n) is 6.22. The fourth-order valence-corrected chi connectivity index (χ4v) is 2.30. The number of carbonyl (C=O) groups excluding carboxylic acids is 3. The number of nitrogens with zero attached hydrogens (tertiary/aromatic N) is 1. The van der Waals surface area contributed by atoms with E-state index >= 15 is 0 Å². The Kier molecular flexibility index (Phi) is 6.82. The van der Waals surface area contributed by atoms with Crippen molar-refractivity contribution in [3.05, 3.63) is 11.3 Å². The normalized spacial score (nSPS) is 20.5. The molecule has 0 unspecified atom stereocenters. The first-order chi connectivity index (χ1) is 10.5. The van der Waals surface area contributed by atoms with Gasteiger partial charge in [-0.3, -0.25) is 9.69 Å². The average Bonchev–Trinajstić information content (AvgIpc) is 2.45. The number of carbonyl (C=O) groups is 3. The van der Waals surface area contributed by atoms with E-state index in [1.54, 1.807) is 13.8 Å². The zero-order valence-electron chi connectivity index (χ0n) is 12.4. The third-order valence-electron chi connectivity index (χ3n) is 2.76. The van der Waals surface area contributed by atoms with Gasteiger partial charge in [-0.25, -0.2) is 9.59 Å². The summed E-state index contributed by atoms with van der Waals surface area (Å²) in [5.74, 6) is -1.29. The van der Waals surface area contributed by atoms with Crippen LogP contribution in [0.25, 0.3) is 0 Å². The lowest BCUT2D eigenvalue weighted by Crippen LogP contribution is -2.68. The Bertz CT molecular complexity index is 542. The van der Waals surface area contributed by atoms with Crippen molar-refractivity contribution in [3.8, 4) is 0 Å². The molecular formula is C12H14Cl4N2O5. The van der Waals surface area contributed by atoms with Gasteiger partial charge >= 0.3 is 12.1 Å². The molecule has 0 aliphatic carbocycles. The Labute approximate surface area is 152 Å². The van der Waals surface area contributed by atoms with Crippen molar-refractivity contribution in [2.75, 3.05) is 13.7 Å². The lowest BCUT2D eigenvalue weighted by atomic mass is 10.0. The van der Waals surface area contributed by atoms with Crippen LogP contribution in [0.2, 0.25) is 0 Å². The average molecular weight is 408 g/mol. The number of likely N-dealkylation sites (tertiary alicyclic amines) is 1. The number of alkyl carbamates (subject to hydrolysis) is 1. The van der Waals surface area contributed by atoms with Crippen LogP contribution in [-0.4, -0.2) is 51.9 Å². The molecule has 23 heavy (non-hydrogen) atoms. The van der Waals surface area contributed by atoms with Crippen LogP contribution in [0, 0.1) is 0 Å². The number of methoxy groups -OCH3 is 1. The lowest BCUT2D eigenvalue weighted by Gasteiger charge is -2.43. The highest BCUT2D eigenvalue weighted by Crippen LogP contribution is 2.31. The van der Waals surface area contributed by atoms with E-state index in [4.69, 9.17) is 46.4 Å². The molecule has 0 bridgehead atoms. The third-order valence-corrected chi connectivity index (χ3v) is 3.53. The molecule has 0 saturated carbocycles. The quantitative estimate of drug-likeness (QED) is 0.254. The molecule has 0 spiro atoms. The minimum absolute atomic E-state index is 0.0187. The number of β-lactam (4-membered cyclic amide) rings is 1. The molecule has 1 rings (SSSR count). The van der Waals surface area contributed by atoms with E-state index in [-0.39, 0.29) is 5.70 Å². The van der Waals surface area contributed by atoms with E-state index in [9.17, 15) is 14.4 Å². The topological polar surface area (TPSA) is 84.9 Å². The molecule has 1 saturated heterocycles. The number of amides is 2. The van der Waals surface area contributed by atoms with Gasteiger partial charge in [-0.05, 0) is 19.4 Å². The molecule has 0 aromatic carbocycles. The Morgan fingerprint density at radius 3 is 2.26 bits per heavy atom. The van der Waals surface area contributed by atoms with Crippen LogP contribution >= 0.6 is 46.4 Å². The van der Waals surface area contributed by atoms with Crippen molar-refractivity contribution < 1.29 is 23.9 Å². The van der Waals surface area contributed by atoms with E-state index in [0.717, 1.165) is 4.90 Å². The van der Waals surface area contributed by atoms with Crippen molar-refractivity contribution in [1.82, 2.24) is 10.2 Å². The number of esters is 1. The molecule has 0 aromatic heterocycles. The summed E-state index contributed by atoms with van der Waals surface area (Å²) in [5.41, 5.74) is -0.426. The number of alkyl halides is 4. The summed E-state index contributed by atoms with van der Waals surface area (Å²) < 4.78 is 7.49. The molecule has 130 valence electrons. The second-order valence-corrected chi connectivity index (χ2v) is 7.70. The van der Waals surface area contributed by atoms with E-state index in [0.29, 0.717) is 5.57 Å². The third kappa shape index (κ3) is 5.04. The van der Waals surface area contributed by atoms with Crippen molar-refractivity contribution >= 4 is 64.4 Å². The maximum absolute atomic E-state index is 12.1. The lowest BCUT2D eigenvalue weighted by molar-refractivity contribution is -0.150. The summed E-state index contributed by atoms with van der Waals surface area (Å²) in [6, 6.07) is -1.07. The van der Waals surface area contributed by atoms with Crippen molar-refractivity contribution in [2.24, 2.45) is 0 Å². The molecule has 1 heterocycles. The highest BCUT2D eigenvalue weighted by atomic mass is 35.6. The van der Waals surface area contributed by atoms with E-state index in [1.165, 1.54) is 7.11 Å². The molecule has 11 heteroatoms. The highest BCUT2D eigenvalue weighted by molar-refractivity contribution is 6.67. The highest BCUT2D eigenvalue weighted by Gasteiger charge is 2.51. The summed E-state index contributed by atoms with van der Waals surface area (Å²) in [7, 11) is 1.18. The minimum Gasteiger partial charge on any atom is -0.464 e. The molecule has 1 fully saturated rings. The van der Waals surface area contributed by atoms with Crippen molar-refractivity contribution in [2.45, 2.75) is 29.2 Å². The number of ether oxygens (including phenoxy) is 2. The van der Waals surface area contributed by atoms with Crippen LogP contribution in [0.5, 0.6) is 0 Å². The number of halogens is 4. The molecule has 0 aromatic rings. The van der Waals surface area contributed by atoms with Gasteiger partial charge in [0.25, 0.3) is 5.91 Å². The summed E-state index contributed by atoms with van der Waals surface area (Å²) in [4.78, 5) is 36.4. The SMILES string of the molecule is COC(=O)C(=C(C)C)N1C(=O)[C@H](NC(=O)OCC(Cl)(Cl)Cl)[C@H]1Cl. The molecular weight excluding hydrogens is 394 g/mol. The maximum atomic E-state index is 12.1. The molecule has 0 radical (unpaired) electrons. The van der Waals surface area contributed by atoms with Crippen molar-refractivity contribution in [1.29, 1.82) is 0 Å². The predicted octanol–water partition coefficient (Wildman–Crippen LogP) is 2.33. The largest absolute Gasteiger partial charge is 0.464 e. The summed E-state index contributed by atoms with van der Waals surface area (Å²) in [6.45, 7) is 2.75. The standard InChI is InChI=1S/C12H14Cl4N2O5/c1-5(2)7(10(20)22-3)18-8(13)6(9(18)19)17-11(21)23-4-12(14,15)16/h6,8H,4H2,1-3H3,(H,17,21)/t6-,8+/m1/s1. The summed E-state index contributed by atoms with van der Waals surface area (Å²) >= 11 is 22.4. The minimum atomic E-state index is -1.77.